The number of nitrogens with zero attached hydrogens (tertiary/aromatic N) is 3. The van der Waals surface area contributed by atoms with E-state index in [0.717, 1.165) is 0 Å². The van der Waals surface area contributed by atoms with Crippen LogP contribution >= 0.6 is 11.8 Å². The molecule has 4 rings (SSSR count). The summed E-state index contributed by atoms with van der Waals surface area (Å²) < 4.78 is 6.37. The molecule has 1 aliphatic rings. The van der Waals surface area contributed by atoms with Gasteiger partial charge in [-0.05, 0) is 47.3 Å². The monoisotopic (exact) mass is 437 g/mol. The molecule has 9 heteroatoms. The Labute approximate surface area is 182 Å². The number of rotatable bonds is 4. The quantitative estimate of drug-likeness (QED) is 0.383. The summed E-state index contributed by atoms with van der Waals surface area (Å²) in [4.78, 5) is 42.4. The summed E-state index contributed by atoms with van der Waals surface area (Å²) in [5.74, 6) is -0.560. The first-order valence-corrected chi connectivity index (χ1v) is 10.9. The average molecular weight is 438 g/mol. The molecular weight excluding hydrogens is 416 g/mol. The van der Waals surface area contributed by atoms with Crippen LogP contribution in [0.5, 0.6) is 0 Å². The topological polar surface area (TPSA) is 96.2 Å². The number of fused-ring (bicyclic) bond motifs is 3. The maximum atomic E-state index is 13.1. The summed E-state index contributed by atoms with van der Waals surface area (Å²) in [5.41, 5.74) is 2.46. The minimum atomic E-state index is -0.683. The van der Waals surface area contributed by atoms with E-state index in [1.807, 2.05) is 30.5 Å². The van der Waals surface area contributed by atoms with Gasteiger partial charge in [-0.2, -0.15) is 0 Å². The molecule has 2 heterocycles. The highest BCUT2D eigenvalue weighted by Crippen LogP contribution is 2.37. The third kappa shape index (κ3) is 3.50. The number of aromatic amines is 1. The summed E-state index contributed by atoms with van der Waals surface area (Å²) in [5, 5.41) is 5.07. The number of hydrogen-bond acceptors (Lipinski definition) is 6. The van der Waals surface area contributed by atoms with Crippen LogP contribution in [0.2, 0.25) is 0 Å². The minimum Gasteiger partial charge on any atom is -0.465 e. The predicted molar refractivity (Wildman–Crippen MR) is 116 cm³/mol. The first-order chi connectivity index (χ1) is 15.0. The Morgan fingerprint density at radius 1 is 1.19 bits per heavy atom. The number of para-hydroxylation sites is 1. The number of anilines is 1. The van der Waals surface area contributed by atoms with Gasteiger partial charge in [-0.3, -0.25) is 14.6 Å². The third-order valence-electron chi connectivity index (χ3n) is 5.15. The fraction of sp³-hybridized carbons (Fsp3) is 0.227. The Bertz CT molecular complexity index is 1220. The summed E-state index contributed by atoms with van der Waals surface area (Å²) in [6.45, 7) is 1.79. The molecule has 3 aromatic rings. The van der Waals surface area contributed by atoms with E-state index in [1.165, 1.54) is 18.9 Å². The molecule has 0 fully saturated rings. The first-order valence-electron chi connectivity index (χ1n) is 9.70. The Morgan fingerprint density at radius 2 is 1.90 bits per heavy atom. The van der Waals surface area contributed by atoms with Crippen LogP contribution in [0.1, 0.15) is 35.4 Å². The molecule has 1 aliphatic heterocycles. The second-order valence-corrected chi connectivity index (χ2v) is 7.67. The van der Waals surface area contributed by atoms with Gasteiger partial charge in [-0.15, -0.1) is 0 Å². The minimum absolute atomic E-state index is 0.111. The zero-order valence-corrected chi connectivity index (χ0v) is 18.1. The lowest BCUT2D eigenvalue weighted by molar-refractivity contribution is -0.763. The smallest absolute Gasteiger partial charge is 0.337 e. The van der Waals surface area contributed by atoms with Crippen molar-refractivity contribution in [1.82, 2.24) is 10.1 Å². The fourth-order valence-electron chi connectivity index (χ4n) is 3.71. The summed E-state index contributed by atoms with van der Waals surface area (Å²) >= 11 is 1.31. The van der Waals surface area contributed by atoms with Gasteiger partial charge >= 0.3 is 17.2 Å². The van der Waals surface area contributed by atoms with E-state index < -0.39 is 12.1 Å². The standard InChI is InChI=1S/C22H20N4O4S/c1-4-17(27)25-16-8-6-5-7-15(16)18-19(28)23-22(31-3)24-26(18)20(25)13-9-11-14(12-10-13)21(29)30-2/h5-12,20H,4H2,1-3H3/p+1/t20-/m0/s1. The van der Waals surface area contributed by atoms with Crippen molar-refractivity contribution >= 4 is 29.3 Å². The number of carbonyl (C=O) groups excluding carboxylic acids is 2. The van der Waals surface area contributed by atoms with Crippen molar-refractivity contribution < 1.29 is 19.0 Å². The van der Waals surface area contributed by atoms with Gasteiger partial charge in [0.25, 0.3) is 6.17 Å². The van der Waals surface area contributed by atoms with E-state index in [0.29, 0.717) is 33.2 Å². The molecule has 2 aromatic carbocycles. The number of hydrogen-bond donors (Lipinski definition) is 1. The van der Waals surface area contributed by atoms with Crippen molar-refractivity contribution in [1.29, 1.82) is 0 Å². The van der Waals surface area contributed by atoms with Crippen LogP contribution in [0.15, 0.2) is 58.5 Å². The SMILES string of the molecule is CCC(=O)N1c2ccccc2-c2c(=O)[nH]c(SC)n[n+]2[C@H]1c1ccc(C(=O)OC)cc1. The van der Waals surface area contributed by atoms with E-state index in [4.69, 9.17) is 4.74 Å². The lowest BCUT2D eigenvalue weighted by Gasteiger charge is -2.32. The molecule has 0 radical (unpaired) electrons. The highest BCUT2D eigenvalue weighted by Gasteiger charge is 2.45. The molecule has 0 spiro atoms. The van der Waals surface area contributed by atoms with Crippen LogP contribution in [0.25, 0.3) is 11.3 Å². The van der Waals surface area contributed by atoms with Gasteiger partial charge in [0.2, 0.25) is 11.1 Å². The van der Waals surface area contributed by atoms with E-state index in [9.17, 15) is 14.4 Å². The third-order valence-corrected chi connectivity index (χ3v) is 5.72. The predicted octanol–water partition coefficient (Wildman–Crippen LogP) is 2.54. The second kappa shape index (κ2) is 8.35. The van der Waals surface area contributed by atoms with E-state index in [2.05, 4.69) is 10.1 Å². The molecule has 1 N–H and O–H groups in total. The zero-order valence-electron chi connectivity index (χ0n) is 17.3. The molecule has 158 valence electrons. The van der Waals surface area contributed by atoms with E-state index >= 15 is 0 Å². The number of thioether (sulfide) groups is 1. The molecule has 1 aromatic heterocycles. The number of methoxy groups -OCH3 is 1. The van der Waals surface area contributed by atoms with Gasteiger partial charge in [0.1, 0.15) is 0 Å². The Kier molecular flexibility index (Phi) is 5.60. The Balaban J connectivity index is 2.00. The lowest BCUT2D eigenvalue weighted by Crippen LogP contribution is -2.60. The summed E-state index contributed by atoms with van der Waals surface area (Å²) in [6.07, 6.45) is 1.41. The molecule has 0 bridgehead atoms. The highest BCUT2D eigenvalue weighted by atomic mass is 32.2. The number of ether oxygens (including phenoxy) is 1. The zero-order chi connectivity index (χ0) is 22.1. The number of H-pyrrole nitrogens is 1. The maximum absolute atomic E-state index is 13.1. The number of nitrogens with one attached hydrogen (secondary N) is 1. The van der Waals surface area contributed by atoms with Crippen LogP contribution in [-0.2, 0) is 9.53 Å². The van der Waals surface area contributed by atoms with Crippen molar-refractivity contribution in [3.63, 3.8) is 0 Å². The van der Waals surface area contributed by atoms with E-state index in [-0.39, 0.29) is 17.9 Å². The average Bonchev–Trinajstić information content (AvgIpc) is 2.81. The molecule has 1 atom stereocenters. The Morgan fingerprint density at radius 3 is 2.55 bits per heavy atom. The van der Waals surface area contributed by atoms with Crippen molar-refractivity contribution in [3.05, 3.63) is 70.0 Å². The van der Waals surface area contributed by atoms with Crippen LogP contribution < -0.4 is 15.1 Å². The molecule has 0 unspecified atom stereocenters. The van der Waals surface area contributed by atoms with Gasteiger partial charge in [-0.25, -0.2) is 9.69 Å². The molecule has 0 saturated heterocycles. The van der Waals surface area contributed by atoms with Gasteiger partial charge < -0.3 is 4.74 Å². The van der Waals surface area contributed by atoms with Crippen LogP contribution in [0.4, 0.5) is 5.69 Å². The van der Waals surface area contributed by atoms with E-state index in [1.54, 1.807) is 40.8 Å². The number of esters is 1. The van der Waals surface area contributed by atoms with Crippen molar-refractivity contribution in [2.24, 2.45) is 0 Å². The fourth-order valence-corrected chi connectivity index (χ4v) is 4.08. The number of aromatic nitrogens is 3. The van der Waals surface area contributed by atoms with Gasteiger partial charge in [0, 0.05) is 17.1 Å². The van der Waals surface area contributed by atoms with Gasteiger partial charge in [-0.1, -0.05) is 30.8 Å². The largest absolute Gasteiger partial charge is 0.465 e. The Hall–Kier alpha value is -3.46. The lowest BCUT2D eigenvalue weighted by atomic mass is 10.0. The van der Waals surface area contributed by atoms with Crippen LogP contribution in [-0.4, -0.2) is 35.3 Å². The second-order valence-electron chi connectivity index (χ2n) is 6.88. The maximum Gasteiger partial charge on any atom is 0.337 e. The molecule has 1 amide bonds. The normalized spacial score (nSPS) is 14.5. The molecule has 0 aliphatic carbocycles. The van der Waals surface area contributed by atoms with Crippen molar-refractivity contribution in [2.75, 3.05) is 18.3 Å². The molecule has 8 nitrogen and oxygen atoms in total. The highest BCUT2D eigenvalue weighted by molar-refractivity contribution is 7.98. The summed E-state index contributed by atoms with van der Waals surface area (Å²) in [7, 11) is 1.32. The number of carbonyl (C=O) groups is 2. The first kappa shape index (κ1) is 20.8. The van der Waals surface area contributed by atoms with Crippen LogP contribution in [0.3, 0.4) is 0 Å². The van der Waals surface area contributed by atoms with Crippen LogP contribution in [0, 0.1) is 0 Å². The number of amides is 1. The molecule has 31 heavy (non-hydrogen) atoms. The van der Waals surface area contributed by atoms with Crippen molar-refractivity contribution in [2.45, 2.75) is 24.7 Å². The molecular formula is C22H21N4O4S+. The van der Waals surface area contributed by atoms with Gasteiger partial charge in [0.05, 0.1) is 23.9 Å². The van der Waals surface area contributed by atoms with Crippen molar-refractivity contribution in [3.8, 4) is 11.3 Å². The summed E-state index contributed by atoms with van der Waals surface area (Å²) in [6, 6.07) is 14.1. The number of benzene rings is 2. The van der Waals surface area contributed by atoms with Gasteiger partial charge in [0.15, 0.2) is 0 Å². The molecule has 0 saturated carbocycles.